The Labute approximate surface area is 179 Å². The van der Waals surface area contributed by atoms with Gasteiger partial charge < -0.3 is 14.2 Å². The largest absolute Gasteiger partial charge is 0.464 e. The third-order valence-electron chi connectivity index (χ3n) is 5.85. The molecule has 1 aliphatic heterocycles. The Kier molecular flexibility index (Phi) is 7.40. The second-order valence-electron chi connectivity index (χ2n) is 7.72. The smallest absolute Gasteiger partial charge is 0.227 e. The topological polar surface area (TPSA) is 36.7 Å². The number of likely N-dealkylation sites (N-methyl/N-ethyl adjacent to an activating group) is 1. The average molecular weight is 411 g/mol. The summed E-state index contributed by atoms with van der Waals surface area (Å²) in [5, 5.41) is 1.02. The van der Waals surface area contributed by atoms with E-state index in [0.29, 0.717) is 6.42 Å². The van der Waals surface area contributed by atoms with E-state index in [0.717, 1.165) is 36.2 Å². The Morgan fingerprint density at radius 2 is 1.79 bits per heavy atom. The molecule has 5 heteroatoms. The first-order chi connectivity index (χ1) is 13.7. The van der Waals surface area contributed by atoms with Crippen molar-refractivity contribution in [1.82, 2.24) is 9.80 Å². The fraction of sp³-hybridized carbons (Fsp3) is 0.375. The molecule has 0 bridgehead atoms. The number of rotatable bonds is 6. The number of furan rings is 1. The van der Waals surface area contributed by atoms with Gasteiger partial charge >= 0.3 is 0 Å². The Hall–Kier alpha value is -2.24. The molecule has 0 N–H and O–H groups in total. The van der Waals surface area contributed by atoms with Crippen LogP contribution in [0.1, 0.15) is 36.4 Å². The Morgan fingerprint density at radius 1 is 1.03 bits per heavy atom. The number of likely N-dealkylation sites (tertiary alicyclic amines) is 1. The van der Waals surface area contributed by atoms with Crippen molar-refractivity contribution in [3.63, 3.8) is 0 Å². The highest BCUT2D eigenvalue weighted by Gasteiger charge is 2.25. The molecule has 29 heavy (non-hydrogen) atoms. The molecule has 4 nitrogen and oxygen atoms in total. The molecule has 1 aliphatic rings. The lowest BCUT2D eigenvalue weighted by Crippen LogP contribution is -2.41. The number of carbonyl (C=O) groups excluding carboxylic acids is 1. The highest BCUT2D eigenvalue weighted by atomic mass is 32.1. The Balaban J connectivity index is 0.00000240. The van der Waals surface area contributed by atoms with Crippen molar-refractivity contribution in [2.45, 2.75) is 31.7 Å². The quantitative estimate of drug-likeness (QED) is 0.587. The molecule has 1 aromatic heterocycles. The summed E-state index contributed by atoms with van der Waals surface area (Å²) >= 11 is 0. The van der Waals surface area contributed by atoms with Gasteiger partial charge in [0.05, 0.1) is 18.7 Å². The molecule has 0 radical (unpaired) electrons. The number of carbonyl (C=O) groups is 1. The molecule has 1 atom stereocenters. The minimum atomic E-state index is 0. The molecule has 1 fully saturated rings. The number of nitrogens with zero attached hydrogens (tertiary/aromatic N) is 2. The predicted octanol–water partition coefficient (Wildman–Crippen LogP) is 4.77. The lowest BCUT2D eigenvalue weighted by atomic mass is 10.0. The van der Waals surface area contributed by atoms with Gasteiger partial charge in [0.2, 0.25) is 5.91 Å². The van der Waals surface area contributed by atoms with Crippen LogP contribution in [0.25, 0.3) is 11.0 Å². The van der Waals surface area contributed by atoms with Gasteiger partial charge in [-0.3, -0.25) is 4.79 Å². The maximum atomic E-state index is 13.2. The standard InChI is InChI=1S/C24H28N2O2.H2S/c1-25(24(27)17-20-11-8-12-23-21(20)13-16-28-23)22(19-9-4-2-5-10-19)18-26-14-6-3-7-15-26;/h2,4-5,8-13,16,22H,3,6-7,14-15,17-18H2,1H3;1H2/t22-;/m1./s1. The molecule has 2 aromatic carbocycles. The van der Waals surface area contributed by atoms with Gasteiger partial charge in [-0.25, -0.2) is 0 Å². The van der Waals surface area contributed by atoms with E-state index in [2.05, 4.69) is 29.2 Å². The normalized spacial score (nSPS) is 15.6. The molecule has 2 heterocycles. The van der Waals surface area contributed by atoms with Gasteiger partial charge in [0, 0.05) is 19.0 Å². The van der Waals surface area contributed by atoms with E-state index in [1.807, 2.05) is 42.3 Å². The maximum absolute atomic E-state index is 13.2. The number of piperidine rings is 1. The lowest BCUT2D eigenvalue weighted by Gasteiger charge is -2.35. The van der Waals surface area contributed by atoms with Gasteiger partial charge in [-0.2, -0.15) is 13.5 Å². The third kappa shape index (κ3) is 5.03. The van der Waals surface area contributed by atoms with Crippen LogP contribution >= 0.6 is 13.5 Å². The van der Waals surface area contributed by atoms with Gasteiger partial charge in [-0.05, 0) is 49.2 Å². The molecule has 154 valence electrons. The lowest BCUT2D eigenvalue weighted by molar-refractivity contribution is -0.131. The second-order valence-corrected chi connectivity index (χ2v) is 7.72. The van der Waals surface area contributed by atoms with Crippen LogP contribution in [0.5, 0.6) is 0 Å². The van der Waals surface area contributed by atoms with Gasteiger partial charge in [-0.1, -0.05) is 48.9 Å². The zero-order valence-electron chi connectivity index (χ0n) is 17.0. The molecule has 3 aromatic rings. The Morgan fingerprint density at radius 3 is 2.55 bits per heavy atom. The minimum absolute atomic E-state index is 0. The monoisotopic (exact) mass is 410 g/mol. The van der Waals surface area contributed by atoms with E-state index in [1.54, 1.807) is 6.26 Å². The number of fused-ring (bicyclic) bond motifs is 1. The van der Waals surface area contributed by atoms with Crippen LogP contribution in [0.15, 0.2) is 65.3 Å². The number of hydrogen-bond acceptors (Lipinski definition) is 3. The van der Waals surface area contributed by atoms with Gasteiger partial charge in [-0.15, -0.1) is 0 Å². The van der Waals surface area contributed by atoms with Crippen molar-refractivity contribution in [3.8, 4) is 0 Å². The van der Waals surface area contributed by atoms with E-state index in [4.69, 9.17) is 4.42 Å². The molecular formula is C24H30N2O2S. The molecule has 4 rings (SSSR count). The number of hydrogen-bond donors (Lipinski definition) is 0. The summed E-state index contributed by atoms with van der Waals surface area (Å²) < 4.78 is 5.49. The van der Waals surface area contributed by atoms with E-state index in [9.17, 15) is 4.79 Å². The predicted molar refractivity (Wildman–Crippen MR) is 123 cm³/mol. The molecule has 1 amide bonds. The van der Waals surface area contributed by atoms with Crippen molar-refractivity contribution in [2.24, 2.45) is 0 Å². The minimum Gasteiger partial charge on any atom is -0.464 e. The van der Waals surface area contributed by atoms with Crippen LogP contribution in [0, 0.1) is 0 Å². The summed E-state index contributed by atoms with van der Waals surface area (Å²) in [6.45, 7) is 3.14. The fourth-order valence-corrected chi connectivity index (χ4v) is 4.19. The average Bonchev–Trinajstić information content (AvgIpc) is 3.23. The molecular weight excluding hydrogens is 380 g/mol. The molecule has 0 spiro atoms. The summed E-state index contributed by atoms with van der Waals surface area (Å²) in [5.41, 5.74) is 3.05. The summed E-state index contributed by atoms with van der Waals surface area (Å²) in [4.78, 5) is 17.6. The highest BCUT2D eigenvalue weighted by molar-refractivity contribution is 7.59. The fourth-order valence-electron chi connectivity index (χ4n) is 4.19. The van der Waals surface area contributed by atoms with Crippen LogP contribution < -0.4 is 0 Å². The number of amides is 1. The zero-order valence-corrected chi connectivity index (χ0v) is 18.0. The summed E-state index contributed by atoms with van der Waals surface area (Å²) in [5.74, 6) is 0.138. The molecule has 1 saturated heterocycles. The summed E-state index contributed by atoms with van der Waals surface area (Å²) in [6, 6.07) is 18.3. The van der Waals surface area contributed by atoms with Gasteiger partial charge in [0.25, 0.3) is 0 Å². The SMILES string of the molecule is CN(C(=O)Cc1cccc2occc12)[C@H](CN1CCCCC1)c1ccccc1.S. The van der Waals surface area contributed by atoms with E-state index in [1.165, 1.54) is 24.8 Å². The molecule has 0 aliphatic carbocycles. The summed E-state index contributed by atoms with van der Waals surface area (Å²) in [6.07, 6.45) is 5.89. The van der Waals surface area contributed by atoms with E-state index >= 15 is 0 Å². The van der Waals surface area contributed by atoms with Crippen LogP contribution in [0.3, 0.4) is 0 Å². The van der Waals surface area contributed by atoms with Crippen LogP contribution in [0.2, 0.25) is 0 Å². The first-order valence-electron chi connectivity index (χ1n) is 10.2. The molecule has 0 saturated carbocycles. The van der Waals surface area contributed by atoms with Crippen molar-refractivity contribution in [2.75, 3.05) is 26.7 Å². The van der Waals surface area contributed by atoms with Crippen molar-refractivity contribution < 1.29 is 9.21 Å². The third-order valence-corrected chi connectivity index (χ3v) is 5.85. The highest BCUT2D eigenvalue weighted by Crippen LogP contribution is 2.25. The second kappa shape index (κ2) is 9.99. The van der Waals surface area contributed by atoms with Crippen molar-refractivity contribution in [1.29, 1.82) is 0 Å². The Bertz CT molecular complexity index is 919. The molecule has 0 unspecified atom stereocenters. The number of benzene rings is 2. The summed E-state index contributed by atoms with van der Waals surface area (Å²) in [7, 11) is 1.94. The van der Waals surface area contributed by atoms with Crippen molar-refractivity contribution in [3.05, 3.63) is 72.0 Å². The first kappa shape index (κ1) is 21.5. The maximum Gasteiger partial charge on any atom is 0.227 e. The van der Waals surface area contributed by atoms with Crippen LogP contribution in [-0.4, -0.2) is 42.4 Å². The van der Waals surface area contributed by atoms with Gasteiger partial charge in [0.15, 0.2) is 0 Å². The van der Waals surface area contributed by atoms with E-state index in [-0.39, 0.29) is 25.4 Å². The van der Waals surface area contributed by atoms with Crippen molar-refractivity contribution >= 4 is 30.4 Å². The van der Waals surface area contributed by atoms with Crippen LogP contribution in [0.4, 0.5) is 0 Å². The zero-order chi connectivity index (χ0) is 19.3. The van der Waals surface area contributed by atoms with Crippen LogP contribution in [-0.2, 0) is 11.2 Å². The first-order valence-corrected chi connectivity index (χ1v) is 10.2. The van der Waals surface area contributed by atoms with E-state index < -0.39 is 0 Å². The van der Waals surface area contributed by atoms with Gasteiger partial charge in [0.1, 0.15) is 5.58 Å².